The fourth-order valence-corrected chi connectivity index (χ4v) is 3.82. The van der Waals surface area contributed by atoms with Gasteiger partial charge in [-0.05, 0) is 24.7 Å². The van der Waals surface area contributed by atoms with E-state index in [0.29, 0.717) is 21.7 Å². The molecule has 1 heterocycles. The molecule has 1 amide bonds. The Morgan fingerprint density at radius 3 is 2.57 bits per heavy atom. The molecule has 0 aromatic carbocycles. The summed E-state index contributed by atoms with van der Waals surface area (Å²) >= 11 is 1.38. The van der Waals surface area contributed by atoms with Gasteiger partial charge in [0.25, 0.3) is 5.91 Å². The lowest BCUT2D eigenvalue weighted by molar-refractivity contribution is 0.0833. The van der Waals surface area contributed by atoms with E-state index in [1.54, 1.807) is 21.2 Å². The first kappa shape index (κ1) is 15.9. The number of methoxy groups -OCH3 is 1. The first-order valence-electron chi connectivity index (χ1n) is 7.36. The molecule has 2 rings (SSSR count). The van der Waals surface area contributed by atoms with Gasteiger partial charge in [0, 0.05) is 20.6 Å². The SMILES string of the molecule is CCC1(CNc2sc(C(=O)N(C)C)c(N)c2OC)CCC1. The molecule has 21 heavy (non-hydrogen) atoms. The van der Waals surface area contributed by atoms with E-state index in [2.05, 4.69) is 12.2 Å². The van der Waals surface area contributed by atoms with E-state index >= 15 is 0 Å². The summed E-state index contributed by atoms with van der Waals surface area (Å²) in [5.41, 5.74) is 6.90. The lowest BCUT2D eigenvalue weighted by Gasteiger charge is -2.41. The summed E-state index contributed by atoms with van der Waals surface area (Å²) in [4.78, 5) is 14.2. The predicted octanol–water partition coefficient (Wildman–Crippen LogP) is 3.03. The molecule has 1 aliphatic carbocycles. The molecule has 1 aromatic rings. The van der Waals surface area contributed by atoms with Crippen LogP contribution in [0.4, 0.5) is 10.7 Å². The number of ether oxygens (including phenoxy) is 1. The summed E-state index contributed by atoms with van der Waals surface area (Å²) in [7, 11) is 5.04. The number of carbonyl (C=O) groups is 1. The van der Waals surface area contributed by atoms with Crippen molar-refractivity contribution in [2.24, 2.45) is 5.41 Å². The monoisotopic (exact) mass is 311 g/mol. The molecule has 6 heteroatoms. The van der Waals surface area contributed by atoms with Gasteiger partial charge in [-0.15, -0.1) is 11.3 Å². The van der Waals surface area contributed by atoms with E-state index < -0.39 is 0 Å². The van der Waals surface area contributed by atoms with Gasteiger partial charge in [-0.1, -0.05) is 13.3 Å². The van der Waals surface area contributed by atoms with Crippen LogP contribution in [0.3, 0.4) is 0 Å². The molecule has 3 N–H and O–H groups in total. The Bertz CT molecular complexity index is 516. The van der Waals surface area contributed by atoms with E-state index in [0.717, 1.165) is 11.5 Å². The first-order valence-corrected chi connectivity index (χ1v) is 8.17. The van der Waals surface area contributed by atoms with Gasteiger partial charge < -0.3 is 20.7 Å². The van der Waals surface area contributed by atoms with Crippen molar-refractivity contribution in [2.75, 3.05) is 38.8 Å². The van der Waals surface area contributed by atoms with Crippen molar-refractivity contribution in [2.45, 2.75) is 32.6 Å². The smallest absolute Gasteiger partial charge is 0.265 e. The largest absolute Gasteiger partial charge is 0.492 e. The highest BCUT2D eigenvalue weighted by molar-refractivity contribution is 7.19. The standard InChI is InChI=1S/C15H25N3O2S/c1-5-15(7-6-8-15)9-17-13-11(20-4)10(16)12(21-13)14(19)18(2)3/h17H,5-9,16H2,1-4H3. The number of carbonyl (C=O) groups excluding carboxylic acids is 1. The van der Waals surface area contributed by atoms with E-state index in [9.17, 15) is 4.79 Å². The molecule has 0 unspecified atom stereocenters. The number of nitrogens with zero attached hydrogens (tertiary/aromatic N) is 1. The summed E-state index contributed by atoms with van der Waals surface area (Å²) in [6, 6.07) is 0. The van der Waals surface area contributed by atoms with Crippen LogP contribution in [0.2, 0.25) is 0 Å². The number of hydrogen-bond acceptors (Lipinski definition) is 5. The molecule has 1 fully saturated rings. The third-order valence-electron chi connectivity index (χ3n) is 4.49. The zero-order valence-electron chi connectivity index (χ0n) is 13.3. The summed E-state index contributed by atoms with van der Waals surface area (Å²) < 4.78 is 5.39. The van der Waals surface area contributed by atoms with Gasteiger partial charge in [-0.2, -0.15) is 0 Å². The molecule has 1 aromatic heterocycles. The average molecular weight is 311 g/mol. The van der Waals surface area contributed by atoms with E-state index in [1.807, 2.05) is 0 Å². The third-order valence-corrected chi connectivity index (χ3v) is 5.62. The van der Waals surface area contributed by atoms with Crippen molar-refractivity contribution in [3.8, 4) is 5.75 Å². The Balaban J connectivity index is 2.19. The number of thiophene rings is 1. The second kappa shape index (κ2) is 6.13. The van der Waals surface area contributed by atoms with Gasteiger partial charge in [0.2, 0.25) is 0 Å². The number of nitrogen functional groups attached to an aromatic ring is 1. The number of anilines is 2. The van der Waals surface area contributed by atoms with Crippen LogP contribution in [0.5, 0.6) is 5.75 Å². The second-order valence-electron chi connectivity index (χ2n) is 5.97. The van der Waals surface area contributed by atoms with Crippen molar-refractivity contribution in [3.63, 3.8) is 0 Å². The summed E-state index contributed by atoms with van der Waals surface area (Å²) in [5.74, 6) is 0.508. The number of rotatable bonds is 6. The van der Waals surface area contributed by atoms with Crippen LogP contribution >= 0.6 is 11.3 Å². The molecule has 1 saturated carbocycles. The molecule has 0 atom stereocenters. The Morgan fingerprint density at radius 2 is 2.14 bits per heavy atom. The van der Waals surface area contributed by atoms with Crippen LogP contribution in [0, 0.1) is 5.41 Å². The van der Waals surface area contributed by atoms with Crippen LogP contribution in [-0.4, -0.2) is 38.6 Å². The topological polar surface area (TPSA) is 67.6 Å². The van der Waals surface area contributed by atoms with E-state index in [1.165, 1.54) is 41.9 Å². The number of amides is 1. The fraction of sp³-hybridized carbons (Fsp3) is 0.667. The van der Waals surface area contributed by atoms with Crippen LogP contribution in [-0.2, 0) is 0 Å². The zero-order valence-corrected chi connectivity index (χ0v) is 14.1. The molecular weight excluding hydrogens is 286 g/mol. The molecule has 0 saturated heterocycles. The normalized spacial score (nSPS) is 16.2. The number of hydrogen-bond donors (Lipinski definition) is 2. The minimum Gasteiger partial charge on any atom is -0.492 e. The van der Waals surface area contributed by atoms with Crippen molar-refractivity contribution < 1.29 is 9.53 Å². The van der Waals surface area contributed by atoms with Crippen LogP contribution < -0.4 is 15.8 Å². The van der Waals surface area contributed by atoms with E-state index in [4.69, 9.17) is 10.5 Å². The highest BCUT2D eigenvalue weighted by Gasteiger charge is 2.35. The fourth-order valence-electron chi connectivity index (χ4n) is 2.71. The maximum Gasteiger partial charge on any atom is 0.265 e. The Morgan fingerprint density at radius 1 is 1.48 bits per heavy atom. The first-order chi connectivity index (χ1) is 9.94. The highest BCUT2D eigenvalue weighted by atomic mass is 32.1. The van der Waals surface area contributed by atoms with Gasteiger partial charge in [-0.3, -0.25) is 4.79 Å². The Hall–Kier alpha value is -1.43. The average Bonchev–Trinajstić information content (AvgIpc) is 2.73. The molecule has 0 radical (unpaired) electrons. The Labute approximate surface area is 130 Å². The minimum atomic E-state index is -0.0855. The lowest BCUT2D eigenvalue weighted by Crippen LogP contribution is -2.35. The van der Waals surface area contributed by atoms with Gasteiger partial charge in [0.1, 0.15) is 15.6 Å². The maximum atomic E-state index is 12.1. The highest BCUT2D eigenvalue weighted by Crippen LogP contribution is 2.47. The Kier molecular flexibility index (Phi) is 4.66. The second-order valence-corrected chi connectivity index (χ2v) is 6.99. The molecule has 0 aliphatic heterocycles. The summed E-state index contributed by atoms with van der Waals surface area (Å²) in [6.45, 7) is 3.15. The summed E-state index contributed by atoms with van der Waals surface area (Å²) in [6.07, 6.45) is 5.02. The van der Waals surface area contributed by atoms with Crippen LogP contribution in [0.15, 0.2) is 0 Å². The van der Waals surface area contributed by atoms with Gasteiger partial charge in [-0.25, -0.2) is 0 Å². The van der Waals surface area contributed by atoms with Crippen molar-refractivity contribution in [3.05, 3.63) is 4.88 Å². The van der Waals surface area contributed by atoms with Crippen molar-refractivity contribution in [1.82, 2.24) is 4.90 Å². The number of nitrogens with two attached hydrogens (primary N) is 1. The van der Waals surface area contributed by atoms with Crippen LogP contribution in [0.25, 0.3) is 0 Å². The van der Waals surface area contributed by atoms with Crippen LogP contribution in [0.1, 0.15) is 42.3 Å². The predicted molar refractivity (Wildman–Crippen MR) is 88.4 cm³/mol. The molecule has 1 aliphatic rings. The quantitative estimate of drug-likeness (QED) is 0.847. The molecule has 5 nitrogen and oxygen atoms in total. The number of nitrogens with one attached hydrogen (secondary N) is 1. The van der Waals surface area contributed by atoms with Gasteiger partial charge in [0.15, 0.2) is 5.75 Å². The van der Waals surface area contributed by atoms with Crippen molar-refractivity contribution in [1.29, 1.82) is 0 Å². The zero-order chi connectivity index (χ0) is 15.6. The van der Waals surface area contributed by atoms with E-state index in [-0.39, 0.29) is 5.91 Å². The lowest BCUT2D eigenvalue weighted by atomic mass is 9.67. The minimum absolute atomic E-state index is 0.0855. The van der Waals surface area contributed by atoms with Gasteiger partial charge in [0.05, 0.1) is 7.11 Å². The molecular formula is C15H25N3O2S. The summed E-state index contributed by atoms with van der Waals surface area (Å²) in [5, 5.41) is 4.32. The third kappa shape index (κ3) is 2.95. The molecule has 0 bridgehead atoms. The van der Waals surface area contributed by atoms with Gasteiger partial charge >= 0.3 is 0 Å². The maximum absolute atomic E-state index is 12.1. The molecule has 0 spiro atoms. The van der Waals surface area contributed by atoms with Crippen molar-refractivity contribution >= 4 is 27.9 Å². The molecule has 118 valence electrons.